The molecule has 1 heterocycles. The average molecular weight is 570 g/mol. The highest BCUT2D eigenvalue weighted by molar-refractivity contribution is 6.35. The minimum Gasteiger partial charge on any atom is -0.370 e. The monoisotopic (exact) mass is 568 g/mol. The lowest BCUT2D eigenvalue weighted by molar-refractivity contribution is -0.139. The van der Waals surface area contributed by atoms with Crippen LogP contribution in [0.5, 0.6) is 0 Å². The molecule has 1 amide bonds. The van der Waals surface area contributed by atoms with Gasteiger partial charge in [0, 0.05) is 48.3 Å². The van der Waals surface area contributed by atoms with Crippen molar-refractivity contribution in [2.45, 2.75) is 50.7 Å². The third-order valence-electron chi connectivity index (χ3n) is 7.56. The molecule has 1 aliphatic heterocycles. The summed E-state index contributed by atoms with van der Waals surface area (Å²) in [6.07, 6.45) is 2.87. The topological polar surface area (TPSA) is 111 Å². The van der Waals surface area contributed by atoms with E-state index in [1.54, 1.807) is 12.1 Å². The van der Waals surface area contributed by atoms with Gasteiger partial charge in [0.25, 0.3) is 0 Å². The van der Waals surface area contributed by atoms with Crippen LogP contribution in [0.3, 0.4) is 0 Å². The van der Waals surface area contributed by atoms with Crippen molar-refractivity contribution in [1.29, 1.82) is 5.41 Å². The van der Waals surface area contributed by atoms with Gasteiger partial charge < -0.3 is 21.7 Å². The van der Waals surface area contributed by atoms with Crippen molar-refractivity contribution in [1.82, 2.24) is 15.1 Å². The van der Waals surface area contributed by atoms with Gasteiger partial charge in [0.15, 0.2) is 5.96 Å². The Morgan fingerprint density at radius 2 is 1.87 bits per heavy atom. The van der Waals surface area contributed by atoms with E-state index < -0.39 is 6.04 Å². The van der Waals surface area contributed by atoms with Gasteiger partial charge in [-0.05, 0) is 66.6 Å². The van der Waals surface area contributed by atoms with Crippen LogP contribution in [0.4, 0.5) is 0 Å². The summed E-state index contributed by atoms with van der Waals surface area (Å²) < 4.78 is 0. The normalized spacial score (nSPS) is 18.7. The summed E-state index contributed by atoms with van der Waals surface area (Å²) in [7, 11) is 0. The highest BCUT2D eigenvalue weighted by Gasteiger charge is 2.36. The molecular formula is C30H38Cl2N6O. The molecule has 7 nitrogen and oxygen atoms in total. The molecule has 1 fully saturated rings. The second-order valence-electron chi connectivity index (χ2n) is 10.4. The van der Waals surface area contributed by atoms with E-state index in [1.165, 1.54) is 16.3 Å². The van der Waals surface area contributed by atoms with Crippen molar-refractivity contribution >= 4 is 45.8 Å². The van der Waals surface area contributed by atoms with Crippen LogP contribution in [0.1, 0.15) is 30.9 Å². The Morgan fingerprint density at radius 3 is 2.62 bits per heavy atom. The molecular weight excluding hydrogens is 531 g/mol. The average Bonchev–Trinajstić information content (AvgIpc) is 2.91. The molecule has 208 valence electrons. The number of hydrogen-bond donors (Lipinski definition) is 4. The molecule has 39 heavy (non-hydrogen) atoms. The number of rotatable bonds is 10. The SMILES string of the molecule is C[C@H]1CN(C(=O)[C@H](N)Cc2ccc(Cl)cc2Cl)[C@@H](CCCNC(=N)N)CN1CCc1ccc2ccccc2c1. The number of halogens is 2. The number of carbonyl (C=O) groups excluding carboxylic acids is 1. The van der Waals surface area contributed by atoms with Gasteiger partial charge in [-0.15, -0.1) is 0 Å². The van der Waals surface area contributed by atoms with Crippen molar-refractivity contribution in [3.05, 3.63) is 81.8 Å². The molecule has 0 aromatic heterocycles. The highest BCUT2D eigenvalue weighted by Crippen LogP contribution is 2.25. The number of piperazine rings is 1. The molecule has 4 rings (SSSR count). The fourth-order valence-corrected chi connectivity index (χ4v) is 5.86. The highest BCUT2D eigenvalue weighted by atomic mass is 35.5. The first-order valence-corrected chi connectivity index (χ1v) is 14.3. The molecule has 3 atom stereocenters. The first-order chi connectivity index (χ1) is 18.7. The summed E-state index contributed by atoms with van der Waals surface area (Å²) in [5.41, 5.74) is 14.0. The van der Waals surface area contributed by atoms with E-state index in [0.717, 1.165) is 37.9 Å². The second kappa shape index (κ2) is 13.5. The number of nitrogens with zero attached hydrogens (tertiary/aromatic N) is 2. The van der Waals surface area contributed by atoms with E-state index >= 15 is 0 Å². The van der Waals surface area contributed by atoms with Crippen molar-refractivity contribution in [3.8, 4) is 0 Å². The predicted octanol–water partition coefficient (Wildman–Crippen LogP) is 4.42. The van der Waals surface area contributed by atoms with Crippen LogP contribution in [0.15, 0.2) is 60.7 Å². The maximum absolute atomic E-state index is 13.6. The fourth-order valence-electron chi connectivity index (χ4n) is 5.38. The Bertz CT molecular complexity index is 1300. The van der Waals surface area contributed by atoms with Crippen LogP contribution < -0.4 is 16.8 Å². The van der Waals surface area contributed by atoms with Crippen molar-refractivity contribution in [2.24, 2.45) is 11.5 Å². The predicted molar refractivity (Wildman–Crippen MR) is 161 cm³/mol. The quantitative estimate of drug-likeness (QED) is 0.164. The number of guanidine groups is 1. The molecule has 3 aromatic rings. The van der Waals surface area contributed by atoms with E-state index in [9.17, 15) is 4.79 Å². The number of fused-ring (bicyclic) bond motifs is 1. The standard InChI is InChI=1S/C30H38Cl2N6O/c1-20-18-38(29(39)28(33)16-24-10-11-25(31)17-27(24)32)26(7-4-13-36-30(34)35)19-37(20)14-12-21-8-9-22-5-2-3-6-23(22)15-21/h2-3,5-6,8-11,15,17,20,26,28H,4,7,12-14,16,18-19,33H2,1H3,(H4,34,35,36)/t20-,26-,28+/m0/s1. The summed E-state index contributed by atoms with van der Waals surface area (Å²) in [6, 6.07) is 19.9. The third kappa shape index (κ3) is 7.85. The van der Waals surface area contributed by atoms with Crippen LogP contribution in [-0.4, -0.2) is 66.0 Å². The van der Waals surface area contributed by atoms with Crippen LogP contribution in [0.2, 0.25) is 10.0 Å². The van der Waals surface area contributed by atoms with E-state index in [4.69, 9.17) is 40.1 Å². The lowest BCUT2D eigenvalue weighted by atomic mass is 9.98. The molecule has 1 saturated heterocycles. The molecule has 1 aliphatic rings. The summed E-state index contributed by atoms with van der Waals surface area (Å²) >= 11 is 12.4. The minimum atomic E-state index is -0.696. The van der Waals surface area contributed by atoms with Gasteiger partial charge in [-0.3, -0.25) is 15.1 Å². The zero-order valence-electron chi connectivity index (χ0n) is 22.4. The zero-order valence-corrected chi connectivity index (χ0v) is 23.9. The van der Waals surface area contributed by atoms with Crippen LogP contribution in [-0.2, 0) is 17.6 Å². The number of nitrogens with one attached hydrogen (secondary N) is 2. The zero-order chi connectivity index (χ0) is 27.9. The largest absolute Gasteiger partial charge is 0.370 e. The third-order valence-corrected chi connectivity index (χ3v) is 8.14. The first kappa shape index (κ1) is 29.2. The molecule has 0 unspecified atom stereocenters. The summed E-state index contributed by atoms with van der Waals surface area (Å²) in [4.78, 5) is 18.1. The number of benzene rings is 3. The molecule has 0 saturated carbocycles. The number of amides is 1. The molecule has 0 bridgehead atoms. The first-order valence-electron chi connectivity index (χ1n) is 13.5. The van der Waals surface area contributed by atoms with E-state index in [-0.39, 0.29) is 24.0 Å². The van der Waals surface area contributed by atoms with Gasteiger partial charge in [-0.1, -0.05) is 71.7 Å². The van der Waals surface area contributed by atoms with Crippen molar-refractivity contribution in [3.63, 3.8) is 0 Å². The van der Waals surface area contributed by atoms with Crippen LogP contribution >= 0.6 is 23.2 Å². The second-order valence-corrected chi connectivity index (χ2v) is 11.3. The molecule has 0 aliphatic carbocycles. The maximum Gasteiger partial charge on any atom is 0.240 e. The van der Waals surface area contributed by atoms with Crippen LogP contribution in [0, 0.1) is 5.41 Å². The lowest BCUT2D eigenvalue weighted by Crippen LogP contribution is -2.62. The molecule has 0 spiro atoms. The number of hydrogen-bond acceptors (Lipinski definition) is 4. The lowest BCUT2D eigenvalue weighted by Gasteiger charge is -2.46. The van der Waals surface area contributed by atoms with E-state index in [1.807, 2.05) is 11.0 Å². The van der Waals surface area contributed by atoms with Gasteiger partial charge in [-0.2, -0.15) is 0 Å². The summed E-state index contributed by atoms with van der Waals surface area (Å²) in [5.74, 6) is -0.106. The fraction of sp³-hybridized carbons (Fsp3) is 0.400. The minimum absolute atomic E-state index is 0.0193. The van der Waals surface area contributed by atoms with Gasteiger partial charge in [0.1, 0.15) is 0 Å². The van der Waals surface area contributed by atoms with Gasteiger partial charge >= 0.3 is 0 Å². The maximum atomic E-state index is 13.6. The van der Waals surface area contributed by atoms with Gasteiger partial charge in [0.2, 0.25) is 5.91 Å². The smallest absolute Gasteiger partial charge is 0.240 e. The Kier molecular flexibility index (Phi) is 10.1. The Labute approximate surface area is 240 Å². The Balaban J connectivity index is 1.43. The molecule has 6 N–H and O–H groups in total. The Hall–Kier alpha value is -2.84. The van der Waals surface area contributed by atoms with Crippen molar-refractivity contribution < 1.29 is 4.79 Å². The van der Waals surface area contributed by atoms with Gasteiger partial charge in [0.05, 0.1) is 6.04 Å². The molecule has 0 radical (unpaired) electrons. The summed E-state index contributed by atoms with van der Waals surface area (Å²) in [6.45, 7) is 5.07. The van der Waals surface area contributed by atoms with E-state index in [2.05, 4.69) is 59.6 Å². The number of nitrogens with two attached hydrogens (primary N) is 2. The molecule has 9 heteroatoms. The van der Waals surface area contributed by atoms with Crippen LogP contribution in [0.25, 0.3) is 10.8 Å². The van der Waals surface area contributed by atoms with Gasteiger partial charge in [-0.25, -0.2) is 0 Å². The Morgan fingerprint density at radius 1 is 1.10 bits per heavy atom. The number of carbonyl (C=O) groups is 1. The summed E-state index contributed by atoms with van der Waals surface area (Å²) in [5, 5.41) is 13.9. The van der Waals surface area contributed by atoms with E-state index in [0.29, 0.717) is 29.6 Å². The van der Waals surface area contributed by atoms with Crippen molar-refractivity contribution in [2.75, 3.05) is 26.2 Å². The molecule has 3 aromatic carbocycles.